The molecule has 19 heavy (non-hydrogen) atoms. The van der Waals surface area contributed by atoms with E-state index < -0.39 is 0 Å². The lowest BCUT2D eigenvalue weighted by Crippen LogP contribution is -2.29. The van der Waals surface area contributed by atoms with Crippen molar-refractivity contribution in [2.45, 2.75) is 19.8 Å². The fourth-order valence-electron chi connectivity index (χ4n) is 1.49. The first-order valence-electron chi connectivity index (χ1n) is 6.23. The van der Waals surface area contributed by atoms with Crippen molar-refractivity contribution < 1.29 is 4.79 Å². The second-order valence-corrected chi connectivity index (χ2v) is 4.99. The SMILES string of the molecule is CCCCNC(=O)Nc1nnc(-c2ccccc2)s1. The predicted molar refractivity (Wildman–Crippen MR) is 77.3 cm³/mol. The summed E-state index contributed by atoms with van der Waals surface area (Å²) in [6, 6.07) is 9.54. The van der Waals surface area contributed by atoms with E-state index in [0.29, 0.717) is 11.7 Å². The molecule has 6 heteroatoms. The van der Waals surface area contributed by atoms with E-state index in [4.69, 9.17) is 0 Å². The number of hydrogen-bond acceptors (Lipinski definition) is 4. The third kappa shape index (κ3) is 4.03. The number of unbranched alkanes of at least 4 members (excludes halogenated alkanes) is 1. The van der Waals surface area contributed by atoms with Crippen LogP contribution < -0.4 is 10.6 Å². The van der Waals surface area contributed by atoms with Crippen LogP contribution in [0.15, 0.2) is 30.3 Å². The molecule has 0 aliphatic carbocycles. The van der Waals surface area contributed by atoms with Gasteiger partial charge in [-0.25, -0.2) is 4.79 Å². The number of hydrogen-bond donors (Lipinski definition) is 2. The van der Waals surface area contributed by atoms with Crippen LogP contribution >= 0.6 is 11.3 Å². The van der Waals surface area contributed by atoms with Crippen molar-refractivity contribution in [3.63, 3.8) is 0 Å². The molecule has 0 atom stereocenters. The summed E-state index contributed by atoms with van der Waals surface area (Å²) in [4.78, 5) is 11.5. The predicted octanol–water partition coefficient (Wildman–Crippen LogP) is 3.13. The molecule has 1 aromatic heterocycles. The number of nitrogens with one attached hydrogen (secondary N) is 2. The largest absolute Gasteiger partial charge is 0.338 e. The Balaban J connectivity index is 1.93. The van der Waals surface area contributed by atoms with E-state index in [1.807, 2.05) is 30.3 Å². The molecule has 0 aliphatic heterocycles. The van der Waals surface area contributed by atoms with Gasteiger partial charge in [-0.15, -0.1) is 10.2 Å². The Morgan fingerprint density at radius 2 is 2.05 bits per heavy atom. The maximum atomic E-state index is 11.5. The highest BCUT2D eigenvalue weighted by Crippen LogP contribution is 2.25. The normalized spacial score (nSPS) is 10.2. The summed E-state index contributed by atoms with van der Waals surface area (Å²) in [6.45, 7) is 2.75. The molecule has 0 aliphatic rings. The van der Waals surface area contributed by atoms with E-state index in [0.717, 1.165) is 23.4 Å². The highest BCUT2D eigenvalue weighted by Gasteiger charge is 2.08. The van der Waals surface area contributed by atoms with Gasteiger partial charge < -0.3 is 5.32 Å². The van der Waals surface area contributed by atoms with Crippen molar-refractivity contribution in [1.82, 2.24) is 15.5 Å². The lowest BCUT2D eigenvalue weighted by atomic mass is 10.2. The minimum absolute atomic E-state index is 0.232. The number of nitrogens with zero attached hydrogens (tertiary/aromatic N) is 2. The molecule has 0 unspecified atom stereocenters. The zero-order valence-electron chi connectivity index (χ0n) is 10.7. The third-order valence-corrected chi connectivity index (χ3v) is 3.37. The smallest absolute Gasteiger partial charge is 0.321 e. The zero-order chi connectivity index (χ0) is 13.5. The van der Waals surface area contributed by atoms with Crippen molar-refractivity contribution in [2.24, 2.45) is 0 Å². The Bertz CT molecular complexity index is 526. The summed E-state index contributed by atoms with van der Waals surface area (Å²) in [5, 5.41) is 14.8. The number of benzene rings is 1. The number of aromatic nitrogens is 2. The van der Waals surface area contributed by atoms with E-state index in [9.17, 15) is 4.79 Å². The zero-order valence-corrected chi connectivity index (χ0v) is 11.5. The summed E-state index contributed by atoms with van der Waals surface area (Å²) in [6.07, 6.45) is 2.02. The van der Waals surface area contributed by atoms with Crippen LogP contribution in [0.2, 0.25) is 0 Å². The molecule has 0 saturated carbocycles. The van der Waals surface area contributed by atoms with E-state index in [-0.39, 0.29) is 6.03 Å². The number of carbonyl (C=O) groups is 1. The van der Waals surface area contributed by atoms with Crippen molar-refractivity contribution in [1.29, 1.82) is 0 Å². The molecular formula is C13H16N4OS. The highest BCUT2D eigenvalue weighted by atomic mass is 32.1. The quantitative estimate of drug-likeness (QED) is 0.824. The molecule has 2 aromatic rings. The minimum Gasteiger partial charge on any atom is -0.338 e. The molecule has 2 N–H and O–H groups in total. The number of anilines is 1. The van der Waals surface area contributed by atoms with E-state index in [2.05, 4.69) is 27.8 Å². The number of amides is 2. The van der Waals surface area contributed by atoms with Gasteiger partial charge in [0.2, 0.25) is 5.13 Å². The summed E-state index contributed by atoms with van der Waals surface area (Å²) in [5.74, 6) is 0. The standard InChI is InChI=1S/C13H16N4OS/c1-2-3-9-14-12(18)15-13-17-16-11(19-13)10-7-5-4-6-8-10/h4-8H,2-3,9H2,1H3,(H2,14,15,17,18). The Morgan fingerprint density at radius 3 is 2.79 bits per heavy atom. The van der Waals surface area contributed by atoms with Gasteiger partial charge >= 0.3 is 6.03 Å². The van der Waals surface area contributed by atoms with Gasteiger partial charge in [0.05, 0.1) is 0 Å². The third-order valence-electron chi connectivity index (χ3n) is 2.48. The molecular weight excluding hydrogens is 260 g/mol. The summed E-state index contributed by atoms with van der Waals surface area (Å²) >= 11 is 1.36. The number of urea groups is 1. The monoisotopic (exact) mass is 276 g/mol. The van der Waals surface area contributed by atoms with Crippen LogP contribution in [0.4, 0.5) is 9.93 Å². The molecule has 2 rings (SSSR count). The minimum atomic E-state index is -0.232. The van der Waals surface area contributed by atoms with Gasteiger partial charge in [0.15, 0.2) is 0 Å². The van der Waals surface area contributed by atoms with Gasteiger partial charge in [0.1, 0.15) is 5.01 Å². The van der Waals surface area contributed by atoms with Crippen molar-refractivity contribution >= 4 is 22.5 Å². The summed E-state index contributed by atoms with van der Waals surface area (Å²) in [7, 11) is 0. The molecule has 0 spiro atoms. The van der Waals surface area contributed by atoms with Gasteiger partial charge in [-0.3, -0.25) is 5.32 Å². The number of rotatable bonds is 5. The average Bonchev–Trinajstić information content (AvgIpc) is 2.88. The Morgan fingerprint density at radius 1 is 1.26 bits per heavy atom. The molecule has 5 nitrogen and oxygen atoms in total. The Kier molecular flexibility index (Phi) is 4.85. The van der Waals surface area contributed by atoms with Crippen molar-refractivity contribution in [3.8, 4) is 10.6 Å². The maximum Gasteiger partial charge on any atom is 0.321 e. The van der Waals surface area contributed by atoms with Gasteiger partial charge in [0, 0.05) is 12.1 Å². The molecule has 2 amide bonds. The first-order chi connectivity index (χ1) is 9.29. The molecule has 0 bridgehead atoms. The van der Waals surface area contributed by atoms with E-state index in [1.54, 1.807) is 0 Å². The van der Waals surface area contributed by atoms with Crippen LogP contribution in [0.5, 0.6) is 0 Å². The lowest BCUT2D eigenvalue weighted by molar-refractivity contribution is 0.252. The maximum absolute atomic E-state index is 11.5. The van der Waals surface area contributed by atoms with E-state index >= 15 is 0 Å². The Hall–Kier alpha value is -1.95. The molecule has 0 saturated heterocycles. The highest BCUT2D eigenvalue weighted by molar-refractivity contribution is 7.18. The molecule has 1 heterocycles. The molecule has 0 fully saturated rings. The van der Waals surface area contributed by atoms with Gasteiger partial charge in [-0.2, -0.15) is 0 Å². The fraction of sp³-hybridized carbons (Fsp3) is 0.308. The molecule has 0 radical (unpaired) electrons. The van der Waals surface area contributed by atoms with Crippen LogP contribution in [0, 0.1) is 0 Å². The Labute approximate surface area is 116 Å². The second kappa shape index (κ2) is 6.84. The van der Waals surface area contributed by atoms with Crippen molar-refractivity contribution in [3.05, 3.63) is 30.3 Å². The number of carbonyl (C=O) groups excluding carboxylic acids is 1. The van der Waals surface area contributed by atoms with Gasteiger partial charge in [-0.1, -0.05) is 55.0 Å². The second-order valence-electron chi connectivity index (χ2n) is 4.01. The van der Waals surface area contributed by atoms with Gasteiger partial charge in [-0.05, 0) is 6.42 Å². The van der Waals surface area contributed by atoms with E-state index in [1.165, 1.54) is 11.3 Å². The first kappa shape index (κ1) is 13.5. The topological polar surface area (TPSA) is 66.9 Å². The van der Waals surface area contributed by atoms with Crippen LogP contribution in [-0.2, 0) is 0 Å². The molecule has 1 aromatic carbocycles. The van der Waals surface area contributed by atoms with Crippen LogP contribution in [0.3, 0.4) is 0 Å². The summed E-state index contributed by atoms with van der Waals surface area (Å²) < 4.78 is 0. The fourth-order valence-corrected chi connectivity index (χ4v) is 2.24. The van der Waals surface area contributed by atoms with Crippen LogP contribution in [0.1, 0.15) is 19.8 Å². The lowest BCUT2D eigenvalue weighted by Gasteiger charge is -2.02. The van der Waals surface area contributed by atoms with Crippen LogP contribution in [0.25, 0.3) is 10.6 Å². The van der Waals surface area contributed by atoms with Gasteiger partial charge in [0.25, 0.3) is 0 Å². The summed E-state index contributed by atoms with van der Waals surface area (Å²) in [5.41, 5.74) is 0.999. The average molecular weight is 276 g/mol. The van der Waals surface area contributed by atoms with Crippen molar-refractivity contribution in [2.75, 3.05) is 11.9 Å². The van der Waals surface area contributed by atoms with Crippen LogP contribution in [-0.4, -0.2) is 22.8 Å². The first-order valence-corrected chi connectivity index (χ1v) is 7.05. The molecule has 100 valence electrons.